The van der Waals surface area contributed by atoms with Crippen LogP contribution in [0.1, 0.15) is 165 Å². The number of methoxy groups -OCH3 is 1. The Hall–Kier alpha value is -1.26. The molecule has 0 aromatic heterocycles. The third-order valence-corrected chi connectivity index (χ3v) is 10.5. The van der Waals surface area contributed by atoms with Crippen molar-refractivity contribution in [2.45, 2.75) is 199 Å². The van der Waals surface area contributed by atoms with Gasteiger partial charge in [-0.25, -0.2) is 0 Å². The summed E-state index contributed by atoms with van der Waals surface area (Å²) in [5.74, 6) is -0.901. The fourth-order valence-corrected chi connectivity index (χ4v) is 8.90. The summed E-state index contributed by atoms with van der Waals surface area (Å²) in [6.07, 6.45) is 13.4. The first kappa shape index (κ1) is 41.9. The average Bonchev–Trinajstić information content (AvgIpc) is 2.93. The first-order chi connectivity index (χ1) is 21.9. The zero-order valence-electron chi connectivity index (χ0n) is 32.4. The van der Waals surface area contributed by atoms with Gasteiger partial charge in [0.05, 0.1) is 14.2 Å². The molecule has 2 rings (SSSR count). The second-order valence-corrected chi connectivity index (χ2v) is 16.8. The van der Waals surface area contributed by atoms with Crippen molar-refractivity contribution in [3.05, 3.63) is 0 Å². The molecule has 0 spiro atoms. The molecule has 2 fully saturated rings. The molecule has 9 nitrogen and oxygen atoms in total. The van der Waals surface area contributed by atoms with Crippen LogP contribution in [0.4, 0.5) is 0 Å². The van der Waals surface area contributed by atoms with Crippen LogP contribution in [0.15, 0.2) is 0 Å². The van der Waals surface area contributed by atoms with Crippen molar-refractivity contribution in [3.63, 3.8) is 0 Å². The van der Waals surface area contributed by atoms with Crippen LogP contribution in [0.25, 0.3) is 0 Å². The molecule has 0 aliphatic carbocycles. The second kappa shape index (κ2) is 18.1. The predicted molar refractivity (Wildman–Crippen MR) is 188 cm³/mol. The van der Waals surface area contributed by atoms with E-state index >= 15 is 0 Å². The fourth-order valence-electron chi connectivity index (χ4n) is 8.90. The number of carbonyl (C=O) groups excluding carboxylic acids is 2. The minimum atomic E-state index is -1.39. The summed E-state index contributed by atoms with van der Waals surface area (Å²) in [6.45, 7) is 19.6. The van der Waals surface area contributed by atoms with Gasteiger partial charge in [0.15, 0.2) is 5.41 Å². The molecule has 0 aromatic carbocycles. The van der Waals surface area contributed by atoms with Gasteiger partial charge in [0, 0.05) is 61.6 Å². The highest BCUT2D eigenvalue weighted by molar-refractivity contribution is 6.00. The van der Waals surface area contributed by atoms with Gasteiger partial charge in [0.25, 0.3) is 0 Å². The minimum absolute atomic E-state index is 0.336. The molecule has 0 atom stereocenters. The molecular formula is C38H72N2O7. The van der Waals surface area contributed by atoms with Crippen LogP contribution in [0.3, 0.4) is 0 Å². The van der Waals surface area contributed by atoms with Gasteiger partial charge >= 0.3 is 11.9 Å². The molecule has 47 heavy (non-hydrogen) atoms. The normalized spacial score (nSPS) is 21.9. The quantitative estimate of drug-likeness (QED) is 0.0719. The SMILES string of the molecule is CCCCCCCCCCCC(CCCOC)(C(=O)OC1CC(C)(C)N(OC)C(C)(C)C1)C(=O)OC1CC(C)(C)N(OC)C(C)(C)C1. The molecule has 2 aliphatic rings. The lowest BCUT2D eigenvalue weighted by molar-refractivity contribution is -0.280. The maximum absolute atomic E-state index is 14.6. The Bertz CT molecular complexity index is 870. The molecule has 0 bridgehead atoms. The van der Waals surface area contributed by atoms with Crippen LogP contribution in [-0.4, -0.2) is 84.4 Å². The van der Waals surface area contributed by atoms with Gasteiger partial charge in [-0.3, -0.25) is 9.59 Å². The van der Waals surface area contributed by atoms with Crippen LogP contribution in [0.2, 0.25) is 0 Å². The summed E-state index contributed by atoms with van der Waals surface area (Å²) in [5, 5.41) is 4.01. The van der Waals surface area contributed by atoms with Gasteiger partial charge in [0.2, 0.25) is 0 Å². The third kappa shape index (κ3) is 11.4. The van der Waals surface area contributed by atoms with Crippen molar-refractivity contribution in [2.24, 2.45) is 5.41 Å². The van der Waals surface area contributed by atoms with Crippen LogP contribution in [0.5, 0.6) is 0 Å². The molecule has 0 radical (unpaired) electrons. The van der Waals surface area contributed by atoms with E-state index in [-0.39, 0.29) is 34.4 Å². The van der Waals surface area contributed by atoms with Gasteiger partial charge in [-0.05, 0) is 74.7 Å². The lowest BCUT2D eigenvalue weighted by Gasteiger charge is -2.53. The summed E-state index contributed by atoms with van der Waals surface area (Å²) in [6, 6.07) is 0. The van der Waals surface area contributed by atoms with Gasteiger partial charge in [0.1, 0.15) is 12.2 Å². The largest absolute Gasteiger partial charge is 0.461 e. The van der Waals surface area contributed by atoms with Crippen LogP contribution < -0.4 is 0 Å². The van der Waals surface area contributed by atoms with Crippen LogP contribution in [-0.2, 0) is 33.5 Å². The molecule has 2 saturated heterocycles. The van der Waals surface area contributed by atoms with Gasteiger partial charge in [-0.1, -0.05) is 64.7 Å². The number of rotatable bonds is 20. The van der Waals surface area contributed by atoms with Crippen molar-refractivity contribution >= 4 is 11.9 Å². The summed E-state index contributed by atoms with van der Waals surface area (Å²) in [5.41, 5.74) is -2.82. The minimum Gasteiger partial charge on any atom is -0.461 e. The highest BCUT2D eigenvalue weighted by Crippen LogP contribution is 2.44. The number of carbonyl (C=O) groups is 2. The average molecular weight is 669 g/mol. The van der Waals surface area contributed by atoms with Gasteiger partial charge in [-0.2, -0.15) is 10.1 Å². The van der Waals surface area contributed by atoms with Crippen molar-refractivity contribution in [3.8, 4) is 0 Å². The number of nitrogens with zero attached hydrogens (tertiary/aromatic N) is 2. The molecule has 0 aromatic rings. The number of unbranched alkanes of at least 4 members (excludes halogenated alkanes) is 8. The molecule has 2 aliphatic heterocycles. The van der Waals surface area contributed by atoms with E-state index in [0.29, 0.717) is 51.6 Å². The number of piperidine rings is 2. The standard InChI is InChI=1S/C38H72N2O7/c1-13-14-15-16-17-18-19-20-21-23-38(24-22-25-43-10,32(41)46-30-26-34(2,3)39(44-11)35(4,5)27-30)33(42)47-31-28-36(6,7)40(45-12)37(8,9)29-31/h30-31H,13-29H2,1-12H3. The first-order valence-electron chi connectivity index (χ1n) is 18.5. The molecule has 0 amide bonds. The maximum Gasteiger partial charge on any atom is 0.323 e. The Labute approximate surface area is 288 Å². The molecule has 0 saturated carbocycles. The van der Waals surface area contributed by atoms with Crippen LogP contribution in [0, 0.1) is 5.41 Å². The van der Waals surface area contributed by atoms with Crippen molar-refractivity contribution in [2.75, 3.05) is 27.9 Å². The monoisotopic (exact) mass is 669 g/mol. The fraction of sp³-hybridized carbons (Fsp3) is 0.947. The maximum atomic E-state index is 14.6. The molecule has 276 valence electrons. The summed E-state index contributed by atoms with van der Waals surface area (Å²) < 4.78 is 18.2. The van der Waals surface area contributed by atoms with E-state index in [0.717, 1.165) is 19.3 Å². The Morgan fingerprint density at radius 3 is 1.26 bits per heavy atom. The van der Waals surface area contributed by atoms with E-state index in [1.807, 2.05) is 10.1 Å². The molecule has 9 heteroatoms. The number of hydrogen-bond acceptors (Lipinski definition) is 9. The second-order valence-electron chi connectivity index (χ2n) is 16.8. The third-order valence-electron chi connectivity index (χ3n) is 10.5. The van der Waals surface area contributed by atoms with E-state index in [9.17, 15) is 9.59 Å². The highest BCUT2D eigenvalue weighted by atomic mass is 16.7. The summed E-state index contributed by atoms with van der Waals surface area (Å²) >= 11 is 0. The predicted octanol–water partition coefficient (Wildman–Crippen LogP) is 8.57. The first-order valence-corrected chi connectivity index (χ1v) is 18.5. The summed E-state index contributed by atoms with van der Waals surface area (Å²) in [7, 11) is 5.04. The van der Waals surface area contributed by atoms with E-state index in [1.54, 1.807) is 21.3 Å². The Kier molecular flexibility index (Phi) is 16.2. The summed E-state index contributed by atoms with van der Waals surface area (Å²) in [4.78, 5) is 40.7. The zero-order valence-corrected chi connectivity index (χ0v) is 32.4. The van der Waals surface area contributed by atoms with E-state index in [2.05, 4.69) is 62.3 Å². The van der Waals surface area contributed by atoms with Crippen molar-refractivity contribution in [1.82, 2.24) is 10.1 Å². The number of ether oxygens (including phenoxy) is 3. The molecule has 2 heterocycles. The van der Waals surface area contributed by atoms with Crippen LogP contribution >= 0.6 is 0 Å². The topological polar surface area (TPSA) is 86.8 Å². The zero-order chi connectivity index (χ0) is 35.5. The molecule has 0 unspecified atom stereocenters. The number of hydroxylamine groups is 4. The Morgan fingerprint density at radius 1 is 0.574 bits per heavy atom. The highest BCUT2D eigenvalue weighted by Gasteiger charge is 2.54. The molecule has 0 N–H and O–H groups in total. The number of esters is 2. The number of hydrogen-bond donors (Lipinski definition) is 0. The smallest absolute Gasteiger partial charge is 0.323 e. The van der Waals surface area contributed by atoms with Gasteiger partial charge in [-0.15, -0.1) is 0 Å². The van der Waals surface area contributed by atoms with Crippen molar-refractivity contribution < 1.29 is 33.5 Å². The Morgan fingerprint density at radius 2 is 0.915 bits per heavy atom. The van der Waals surface area contributed by atoms with E-state index < -0.39 is 17.4 Å². The van der Waals surface area contributed by atoms with Crippen molar-refractivity contribution in [1.29, 1.82) is 0 Å². The lowest BCUT2D eigenvalue weighted by atomic mass is 9.76. The Balaban J connectivity index is 2.34. The molecular weight excluding hydrogens is 596 g/mol. The van der Waals surface area contributed by atoms with E-state index in [1.165, 1.54) is 38.5 Å². The van der Waals surface area contributed by atoms with E-state index in [4.69, 9.17) is 23.9 Å². The van der Waals surface area contributed by atoms with Gasteiger partial charge < -0.3 is 23.9 Å². The lowest BCUT2D eigenvalue weighted by Crippen LogP contribution is -2.62.